The van der Waals surface area contributed by atoms with Gasteiger partial charge in [-0.25, -0.2) is 0 Å². The Bertz CT molecular complexity index is 959. The molecule has 2 aliphatic heterocycles. The first-order valence-electron chi connectivity index (χ1n) is 11.3. The quantitative estimate of drug-likeness (QED) is 0.710. The van der Waals surface area contributed by atoms with Crippen LogP contribution in [0.5, 0.6) is 0 Å². The highest BCUT2D eigenvalue weighted by Crippen LogP contribution is 2.45. The van der Waals surface area contributed by atoms with Gasteiger partial charge in [-0.15, -0.1) is 0 Å². The number of rotatable bonds is 6. The highest BCUT2D eigenvalue weighted by molar-refractivity contribution is 5.98. The van der Waals surface area contributed by atoms with Gasteiger partial charge in [0.05, 0.1) is 25.7 Å². The lowest BCUT2D eigenvalue weighted by molar-refractivity contribution is -0.133. The number of carbonyl (C=O) groups excluding carboxylic acids is 2. The van der Waals surface area contributed by atoms with Crippen molar-refractivity contribution in [1.82, 2.24) is 10.2 Å². The number of methoxy groups -OCH3 is 2. The van der Waals surface area contributed by atoms with Gasteiger partial charge in [0.15, 0.2) is 0 Å². The molecular weight excluding hydrogens is 408 g/mol. The number of ether oxygens (including phenoxy) is 2. The van der Waals surface area contributed by atoms with E-state index in [2.05, 4.69) is 5.32 Å². The van der Waals surface area contributed by atoms with Crippen molar-refractivity contribution in [3.8, 4) is 0 Å². The monoisotopic (exact) mass is 440 g/mol. The molecule has 1 aliphatic carbocycles. The zero-order valence-corrected chi connectivity index (χ0v) is 19.0. The van der Waals surface area contributed by atoms with Crippen molar-refractivity contribution in [1.29, 1.82) is 0 Å². The number of aliphatic hydroxyl groups is 1. The number of fused-ring (bicyclic) bond motifs is 1. The average molecular weight is 441 g/mol. The normalized spacial score (nSPS) is 25.9. The molecule has 2 heterocycles. The van der Waals surface area contributed by atoms with Crippen molar-refractivity contribution < 1.29 is 24.2 Å². The van der Waals surface area contributed by atoms with Gasteiger partial charge >= 0.3 is 0 Å². The van der Waals surface area contributed by atoms with Crippen LogP contribution in [-0.4, -0.2) is 54.7 Å². The van der Waals surface area contributed by atoms with Gasteiger partial charge in [-0.3, -0.25) is 9.59 Å². The lowest BCUT2D eigenvalue weighted by Crippen LogP contribution is -2.43. The second kappa shape index (κ2) is 8.98. The fraction of sp³-hybridized carbons (Fsp3) is 0.520. The maximum absolute atomic E-state index is 13.3. The Morgan fingerprint density at radius 1 is 1.25 bits per heavy atom. The molecule has 4 rings (SSSR count). The Labute approximate surface area is 189 Å². The molecule has 1 aromatic rings. The molecule has 0 saturated carbocycles. The number of amides is 2. The molecule has 2 amide bonds. The third-order valence-electron chi connectivity index (χ3n) is 6.87. The predicted molar refractivity (Wildman–Crippen MR) is 120 cm³/mol. The average Bonchev–Trinajstić information content (AvgIpc) is 3.17. The van der Waals surface area contributed by atoms with Crippen molar-refractivity contribution in [3.05, 3.63) is 58.6 Å². The van der Waals surface area contributed by atoms with Crippen molar-refractivity contribution in [2.24, 2.45) is 5.92 Å². The van der Waals surface area contributed by atoms with Crippen LogP contribution in [0.4, 0.5) is 0 Å². The summed E-state index contributed by atoms with van der Waals surface area (Å²) in [6.45, 7) is 3.74. The number of hydrogen-bond donors (Lipinski definition) is 2. The van der Waals surface area contributed by atoms with E-state index in [1.807, 2.05) is 23.1 Å². The maximum atomic E-state index is 13.3. The van der Waals surface area contributed by atoms with Crippen LogP contribution in [0.1, 0.15) is 60.0 Å². The second-order valence-corrected chi connectivity index (χ2v) is 9.06. The van der Waals surface area contributed by atoms with E-state index >= 15 is 0 Å². The van der Waals surface area contributed by atoms with Crippen molar-refractivity contribution in [2.45, 2.75) is 50.7 Å². The first kappa shape index (κ1) is 22.4. The summed E-state index contributed by atoms with van der Waals surface area (Å²) in [5.74, 6) is 0.275. The van der Waals surface area contributed by atoms with Gasteiger partial charge in [-0.1, -0.05) is 12.1 Å². The van der Waals surface area contributed by atoms with Crippen LogP contribution in [0.25, 0.3) is 0 Å². The molecule has 7 nitrogen and oxygen atoms in total. The van der Waals surface area contributed by atoms with Crippen LogP contribution in [0.15, 0.2) is 41.9 Å². The van der Waals surface area contributed by atoms with E-state index in [-0.39, 0.29) is 24.2 Å². The number of hydrogen-bond acceptors (Lipinski definition) is 5. The summed E-state index contributed by atoms with van der Waals surface area (Å²) >= 11 is 0. The van der Waals surface area contributed by atoms with Crippen LogP contribution < -0.4 is 5.32 Å². The summed E-state index contributed by atoms with van der Waals surface area (Å²) in [5.41, 5.74) is 1.20. The van der Waals surface area contributed by atoms with E-state index in [1.54, 1.807) is 33.3 Å². The van der Waals surface area contributed by atoms with Gasteiger partial charge in [0.25, 0.3) is 5.91 Å². The Balaban J connectivity index is 1.73. The summed E-state index contributed by atoms with van der Waals surface area (Å²) in [6.07, 6.45) is 6.90. The molecule has 172 valence electrons. The SMILES string of the molecule is COC1=C[C@@](C)(O)C(C(CC(=O)N2CCCCC2)c2ccc3c(c2)CNC3=O)C(OC)=C1. The summed E-state index contributed by atoms with van der Waals surface area (Å²) in [5, 5.41) is 14.3. The van der Waals surface area contributed by atoms with Crippen LogP contribution in [0, 0.1) is 5.92 Å². The van der Waals surface area contributed by atoms with Gasteiger partial charge in [0.2, 0.25) is 5.91 Å². The molecule has 3 aliphatic rings. The minimum Gasteiger partial charge on any atom is -0.501 e. The largest absolute Gasteiger partial charge is 0.501 e. The molecular formula is C25H32N2O5. The third kappa shape index (κ3) is 4.26. The molecule has 0 radical (unpaired) electrons. The molecule has 3 atom stereocenters. The van der Waals surface area contributed by atoms with Crippen LogP contribution >= 0.6 is 0 Å². The molecule has 1 aromatic carbocycles. The number of piperidine rings is 1. The summed E-state index contributed by atoms with van der Waals surface area (Å²) < 4.78 is 11.1. The Morgan fingerprint density at radius 3 is 2.69 bits per heavy atom. The highest BCUT2D eigenvalue weighted by atomic mass is 16.5. The number of likely N-dealkylation sites (tertiary alicyclic amines) is 1. The Hall–Kier alpha value is -2.80. The molecule has 0 bridgehead atoms. The fourth-order valence-corrected chi connectivity index (χ4v) is 5.22. The lowest BCUT2D eigenvalue weighted by atomic mass is 9.70. The van der Waals surface area contributed by atoms with E-state index in [0.717, 1.165) is 43.5 Å². The molecule has 1 saturated heterocycles. The van der Waals surface area contributed by atoms with Gasteiger partial charge in [-0.05, 0) is 49.5 Å². The molecule has 7 heteroatoms. The van der Waals surface area contributed by atoms with Crippen molar-refractivity contribution >= 4 is 11.8 Å². The summed E-state index contributed by atoms with van der Waals surface area (Å²) in [7, 11) is 3.12. The van der Waals surface area contributed by atoms with E-state index in [9.17, 15) is 14.7 Å². The molecule has 32 heavy (non-hydrogen) atoms. The number of nitrogens with zero attached hydrogens (tertiary/aromatic N) is 1. The minimum atomic E-state index is -1.29. The minimum absolute atomic E-state index is 0.0807. The van der Waals surface area contributed by atoms with Crippen molar-refractivity contribution in [2.75, 3.05) is 27.3 Å². The van der Waals surface area contributed by atoms with Crippen LogP contribution in [0.2, 0.25) is 0 Å². The number of benzene rings is 1. The first-order chi connectivity index (χ1) is 15.3. The third-order valence-corrected chi connectivity index (χ3v) is 6.87. The van der Waals surface area contributed by atoms with Crippen LogP contribution in [-0.2, 0) is 20.8 Å². The van der Waals surface area contributed by atoms with Gasteiger partial charge < -0.3 is 24.8 Å². The first-order valence-corrected chi connectivity index (χ1v) is 11.3. The van der Waals surface area contributed by atoms with Crippen LogP contribution in [0.3, 0.4) is 0 Å². The molecule has 0 spiro atoms. The summed E-state index contributed by atoms with van der Waals surface area (Å²) in [4.78, 5) is 27.3. The second-order valence-electron chi connectivity index (χ2n) is 9.06. The standard InChI is InChI=1S/C25H32N2O5/c1-25(30)14-18(31-2)12-21(32-3)23(25)20(13-22(28)27-9-5-4-6-10-27)16-7-8-19-17(11-16)15-26-24(19)29/h7-8,11-12,14,20,23,30H,4-6,9-10,13,15H2,1-3H3,(H,26,29)/t20?,23?,25-/m1/s1. The smallest absolute Gasteiger partial charge is 0.251 e. The number of carbonyl (C=O) groups is 2. The molecule has 2 unspecified atom stereocenters. The van der Waals surface area contributed by atoms with E-state index < -0.39 is 11.5 Å². The van der Waals surface area contributed by atoms with Crippen molar-refractivity contribution in [3.63, 3.8) is 0 Å². The maximum Gasteiger partial charge on any atom is 0.251 e. The van der Waals surface area contributed by atoms with Gasteiger partial charge in [-0.2, -0.15) is 0 Å². The predicted octanol–water partition coefficient (Wildman–Crippen LogP) is 2.86. The zero-order valence-electron chi connectivity index (χ0n) is 19.0. The lowest BCUT2D eigenvalue weighted by Gasteiger charge is -2.40. The topological polar surface area (TPSA) is 88.1 Å². The Morgan fingerprint density at radius 2 is 2.00 bits per heavy atom. The summed E-state index contributed by atoms with van der Waals surface area (Å²) in [6, 6.07) is 5.70. The zero-order chi connectivity index (χ0) is 22.9. The molecule has 2 N–H and O–H groups in total. The van der Waals surface area contributed by atoms with Gasteiger partial charge in [0, 0.05) is 43.6 Å². The molecule has 1 fully saturated rings. The van der Waals surface area contributed by atoms with Gasteiger partial charge in [0.1, 0.15) is 11.5 Å². The Kier molecular flexibility index (Phi) is 6.29. The fourth-order valence-electron chi connectivity index (χ4n) is 5.22. The number of allylic oxidation sites excluding steroid dienone is 1. The van der Waals surface area contributed by atoms with E-state index in [4.69, 9.17) is 9.47 Å². The molecule has 0 aromatic heterocycles. The van der Waals surface area contributed by atoms with E-state index in [1.165, 1.54) is 0 Å². The highest BCUT2D eigenvalue weighted by Gasteiger charge is 2.44. The van der Waals surface area contributed by atoms with E-state index in [0.29, 0.717) is 23.6 Å². The number of nitrogens with one attached hydrogen (secondary N) is 1.